The molecule has 162 valence electrons. The zero-order valence-electron chi connectivity index (χ0n) is 18.2. The molecule has 0 radical (unpaired) electrons. The van der Waals surface area contributed by atoms with Crippen molar-refractivity contribution >= 4 is 6.08 Å². The van der Waals surface area contributed by atoms with Gasteiger partial charge in [0.05, 0.1) is 13.7 Å². The maximum absolute atomic E-state index is 9.58. The molecule has 2 aromatic carbocycles. The number of hydrogen-bond acceptors (Lipinski definition) is 5. The highest BCUT2D eigenvalue weighted by molar-refractivity contribution is 5.57. The molecule has 0 bridgehead atoms. The van der Waals surface area contributed by atoms with E-state index in [1.54, 1.807) is 7.11 Å². The molecule has 5 nitrogen and oxygen atoms in total. The summed E-state index contributed by atoms with van der Waals surface area (Å²) >= 11 is 0. The van der Waals surface area contributed by atoms with Gasteiger partial charge in [-0.25, -0.2) is 0 Å². The summed E-state index contributed by atoms with van der Waals surface area (Å²) in [4.78, 5) is 4.95. The maximum atomic E-state index is 9.58. The van der Waals surface area contributed by atoms with E-state index < -0.39 is 0 Å². The van der Waals surface area contributed by atoms with Crippen LogP contribution in [0.1, 0.15) is 24.5 Å². The van der Waals surface area contributed by atoms with Gasteiger partial charge in [0.15, 0.2) is 0 Å². The number of benzene rings is 2. The minimum atomic E-state index is 0.218. The average Bonchev–Trinajstić information content (AvgIpc) is 2.77. The molecule has 0 unspecified atom stereocenters. The van der Waals surface area contributed by atoms with Crippen molar-refractivity contribution in [2.45, 2.75) is 25.9 Å². The van der Waals surface area contributed by atoms with Crippen molar-refractivity contribution in [1.82, 2.24) is 9.80 Å². The van der Waals surface area contributed by atoms with Gasteiger partial charge in [-0.1, -0.05) is 42.5 Å². The van der Waals surface area contributed by atoms with Crippen LogP contribution < -0.4 is 9.47 Å². The van der Waals surface area contributed by atoms with E-state index in [0.717, 1.165) is 56.2 Å². The van der Waals surface area contributed by atoms with Crippen LogP contribution in [-0.2, 0) is 6.54 Å². The molecule has 1 N–H and O–H groups in total. The van der Waals surface area contributed by atoms with E-state index in [1.165, 1.54) is 5.56 Å². The predicted molar refractivity (Wildman–Crippen MR) is 122 cm³/mol. The lowest BCUT2D eigenvalue weighted by Crippen LogP contribution is -2.52. The molecule has 0 spiro atoms. The van der Waals surface area contributed by atoms with Gasteiger partial charge >= 0.3 is 0 Å². The van der Waals surface area contributed by atoms with E-state index in [-0.39, 0.29) is 6.61 Å². The van der Waals surface area contributed by atoms with Crippen molar-refractivity contribution < 1.29 is 14.6 Å². The number of aliphatic hydroxyl groups excluding tert-OH is 1. The molecule has 1 aliphatic rings. The minimum absolute atomic E-state index is 0.218. The summed E-state index contributed by atoms with van der Waals surface area (Å²) in [5.41, 5.74) is 2.38. The molecular formula is C25H34N2O3. The summed E-state index contributed by atoms with van der Waals surface area (Å²) in [5, 5.41) is 9.58. The lowest BCUT2D eigenvalue weighted by molar-refractivity contribution is 0.0597. The van der Waals surface area contributed by atoms with Gasteiger partial charge in [-0.05, 0) is 37.1 Å². The number of hydrogen-bond donors (Lipinski definition) is 1. The fourth-order valence-electron chi connectivity index (χ4n) is 3.98. The van der Waals surface area contributed by atoms with E-state index >= 15 is 0 Å². The Morgan fingerprint density at radius 3 is 2.63 bits per heavy atom. The van der Waals surface area contributed by atoms with Crippen LogP contribution in [0.15, 0.2) is 54.6 Å². The van der Waals surface area contributed by atoms with Crippen molar-refractivity contribution in [3.05, 3.63) is 65.7 Å². The Bertz CT molecular complexity index is 791. The highest BCUT2D eigenvalue weighted by atomic mass is 16.5. The molecule has 1 aliphatic heterocycles. The third-order valence-corrected chi connectivity index (χ3v) is 5.57. The zero-order valence-corrected chi connectivity index (χ0v) is 18.2. The van der Waals surface area contributed by atoms with Crippen molar-refractivity contribution in [2.24, 2.45) is 0 Å². The van der Waals surface area contributed by atoms with E-state index in [2.05, 4.69) is 40.2 Å². The average molecular weight is 411 g/mol. The second kappa shape index (κ2) is 11.7. The molecule has 30 heavy (non-hydrogen) atoms. The Morgan fingerprint density at radius 1 is 1.10 bits per heavy atom. The van der Waals surface area contributed by atoms with Crippen LogP contribution in [0.5, 0.6) is 11.5 Å². The molecule has 3 rings (SSSR count). The SMILES string of the molecule is CCOc1ccc(CN2CCN(C/C=C/c3ccccc3OC)C[C@H]2CCO)cc1. The standard InChI is InChI=1S/C25H34N2O3/c1-3-30-24-12-10-21(11-13-24)19-27-17-16-26(20-23(27)14-18-28)15-6-8-22-7-4-5-9-25(22)29-2/h4-13,23,28H,3,14-20H2,1-2H3/b8-6+/t23-/m1/s1. The van der Waals surface area contributed by atoms with Gasteiger partial charge in [0, 0.05) is 50.9 Å². The van der Waals surface area contributed by atoms with Gasteiger partial charge in [-0.2, -0.15) is 0 Å². The van der Waals surface area contributed by atoms with Crippen LogP contribution in [-0.4, -0.2) is 67.5 Å². The number of piperazine rings is 1. The van der Waals surface area contributed by atoms with Crippen molar-refractivity contribution in [2.75, 3.05) is 46.5 Å². The van der Waals surface area contributed by atoms with E-state index in [4.69, 9.17) is 9.47 Å². The monoisotopic (exact) mass is 410 g/mol. The maximum Gasteiger partial charge on any atom is 0.126 e. The highest BCUT2D eigenvalue weighted by Crippen LogP contribution is 2.20. The summed E-state index contributed by atoms with van der Waals surface area (Å²) < 4.78 is 11.0. The van der Waals surface area contributed by atoms with E-state index in [0.29, 0.717) is 12.6 Å². The number of para-hydroxylation sites is 1. The van der Waals surface area contributed by atoms with Crippen LogP contribution in [0.25, 0.3) is 6.08 Å². The van der Waals surface area contributed by atoms with Gasteiger partial charge in [-0.3, -0.25) is 9.80 Å². The Kier molecular flexibility index (Phi) is 8.75. The second-order valence-electron chi connectivity index (χ2n) is 7.62. The van der Waals surface area contributed by atoms with Crippen LogP contribution in [0, 0.1) is 0 Å². The predicted octanol–water partition coefficient (Wildman–Crippen LogP) is 3.68. The number of nitrogens with zero attached hydrogens (tertiary/aromatic N) is 2. The first-order valence-corrected chi connectivity index (χ1v) is 10.8. The van der Waals surface area contributed by atoms with Crippen molar-refractivity contribution in [1.29, 1.82) is 0 Å². The number of aliphatic hydroxyl groups is 1. The molecule has 0 saturated carbocycles. The summed E-state index contributed by atoms with van der Waals surface area (Å²) in [6.07, 6.45) is 5.13. The molecule has 1 saturated heterocycles. The second-order valence-corrected chi connectivity index (χ2v) is 7.62. The first kappa shape index (κ1) is 22.3. The third-order valence-electron chi connectivity index (χ3n) is 5.57. The van der Waals surface area contributed by atoms with E-state index in [9.17, 15) is 5.11 Å². The van der Waals surface area contributed by atoms with Crippen LogP contribution in [0.2, 0.25) is 0 Å². The molecule has 5 heteroatoms. The minimum Gasteiger partial charge on any atom is -0.496 e. The van der Waals surface area contributed by atoms with Crippen LogP contribution >= 0.6 is 0 Å². The molecular weight excluding hydrogens is 376 g/mol. The Hall–Kier alpha value is -2.34. The number of ether oxygens (including phenoxy) is 2. The lowest BCUT2D eigenvalue weighted by atomic mass is 10.1. The molecule has 0 aromatic heterocycles. The fourth-order valence-corrected chi connectivity index (χ4v) is 3.98. The Labute approximate surface area is 180 Å². The fraction of sp³-hybridized carbons (Fsp3) is 0.440. The summed E-state index contributed by atoms with van der Waals surface area (Å²) in [6.45, 7) is 7.70. The smallest absolute Gasteiger partial charge is 0.126 e. The molecule has 0 aliphatic carbocycles. The molecule has 1 atom stereocenters. The molecule has 1 fully saturated rings. The first-order chi connectivity index (χ1) is 14.7. The molecule has 0 amide bonds. The summed E-state index contributed by atoms with van der Waals surface area (Å²) in [6, 6.07) is 16.8. The quantitative estimate of drug-likeness (QED) is 0.647. The Morgan fingerprint density at radius 2 is 1.90 bits per heavy atom. The Balaban J connectivity index is 1.55. The van der Waals surface area contributed by atoms with Crippen LogP contribution in [0.4, 0.5) is 0 Å². The largest absolute Gasteiger partial charge is 0.496 e. The van der Waals surface area contributed by atoms with Gasteiger partial charge in [0.1, 0.15) is 11.5 Å². The first-order valence-electron chi connectivity index (χ1n) is 10.8. The summed E-state index contributed by atoms with van der Waals surface area (Å²) in [5.74, 6) is 1.81. The van der Waals surface area contributed by atoms with Gasteiger partial charge < -0.3 is 14.6 Å². The topological polar surface area (TPSA) is 45.2 Å². The van der Waals surface area contributed by atoms with Crippen LogP contribution in [0.3, 0.4) is 0 Å². The van der Waals surface area contributed by atoms with Crippen molar-refractivity contribution in [3.63, 3.8) is 0 Å². The highest BCUT2D eigenvalue weighted by Gasteiger charge is 2.26. The lowest BCUT2D eigenvalue weighted by Gasteiger charge is -2.41. The van der Waals surface area contributed by atoms with E-state index in [1.807, 2.05) is 37.3 Å². The van der Waals surface area contributed by atoms with Gasteiger partial charge in [0.2, 0.25) is 0 Å². The zero-order chi connectivity index (χ0) is 21.2. The third kappa shape index (κ3) is 6.33. The molecule has 2 aromatic rings. The van der Waals surface area contributed by atoms with Gasteiger partial charge in [0.25, 0.3) is 0 Å². The molecule has 1 heterocycles. The normalized spacial score (nSPS) is 18.0. The summed E-state index contributed by atoms with van der Waals surface area (Å²) in [7, 11) is 1.70. The van der Waals surface area contributed by atoms with Crippen molar-refractivity contribution in [3.8, 4) is 11.5 Å². The van der Waals surface area contributed by atoms with Gasteiger partial charge in [-0.15, -0.1) is 0 Å². The number of rotatable bonds is 10. The number of methoxy groups -OCH3 is 1.